The molecule has 0 aliphatic carbocycles. The van der Waals surface area contributed by atoms with Crippen LogP contribution in [0.25, 0.3) is 40.2 Å². The zero-order valence-corrected chi connectivity index (χ0v) is 21.0. The number of allylic oxidation sites excluding steroid dienone is 3. The van der Waals surface area contributed by atoms with Crippen LogP contribution in [0.4, 0.5) is 26.3 Å². The molecule has 0 unspecified atom stereocenters. The van der Waals surface area contributed by atoms with E-state index in [9.17, 15) is 26.3 Å². The van der Waals surface area contributed by atoms with E-state index in [4.69, 9.17) is 0 Å². The van der Waals surface area contributed by atoms with Crippen LogP contribution in [-0.2, 0) is 0 Å². The van der Waals surface area contributed by atoms with Gasteiger partial charge in [0.05, 0.1) is 0 Å². The lowest BCUT2D eigenvalue weighted by Gasteiger charge is -2.07. The molecule has 39 heavy (non-hydrogen) atoms. The quantitative estimate of drug-likeness (QED) is 0.0913. The molecule has 0 aliphatic rings. The summed E-state index contributed by atoms with van der Waals surface area (Å²) < 4.78 is 83.3. The zero-order valence-electron chi connectivity index (χ0n) is 21.0. The van der Waals surface area contributed by atoms with Gasteiger partial charge in [-0.1, -0.05) is 85.0 Å². The Kier molecular flexibility index (Phi) is 8.87. The Morgan fingerprint density at radius 3 is 1.79 bits per heavy atom. The number of hydrogen-bond acceptors (Lipinski definition) is 0. The van der Waals surface area contributed by atoms with Crippen molar-refractivity contribution in [2.45, 2.75) is 19.8 Å². The van der Waals surface area contributed by atoms with Crippen molar-refractivity contribution in [3.8, 4) is 22.3 Å². The minimum atomic E-state index is -1.60. The Hall–Kier alpha value is -4.32. The van der Waals surface area contributed by atoms with E-state index >= 15 is 0 Å². The largest absolute Gasteiger partial charge is 0.209 e. The smallest absolute Gasteiger partial charge is 0.194 e. The van der Waals surface area contributed by atoms with Gasteiger partial charge in [0.15, 0.2) is 23.3 Å². The molecule has 0 bridgehead atoms. The minimum Gasteiger partial charge on any atom is -0.209 e. The first-order valence-corrected chi connectivity index (χ1v) is 12.3. The van der Waals surface area contributed by atoms with Crippen molar-refractivity contribution in [3.05, 3.63) is 137 Å². The summed E-state index contributed by atoms with van der Waals surface area (Å²) in [5, 5.41) is 0. The fraction of sp³-hybridized carbons (Fsp3) is 0.0909. The van der Waals surface area contributed by atoms with Gasteiger partial charge in [-0.25, -0.2) is 26.3 Å². The third kappa shape index (κ3) is 6.77. The van der Waals surface area contributed by atoms with Crippen molar-refractivity contribution in [2.75, 3.05) is 0 Å². The lowest BCUT2D eigenvalue weighted by atomic mass is 10.0. The fourth-order valence-electron chi connectivity index (χ4n) is 4.01. The van der Waals surface area contributed by atoms with Crippen LogP contribution in [0, 0.1) is 23.3 Å². The molecule has 4 rings (SSSR count). The molecule has 0 atom stereocenters. The summed E-state index contributed by atoms with van der Waals surface area (Å²) in [7, 11) is 0. The molecular weight excluding hydrogens is 510 g/mol. The molecule has 0 aliphatic heterocycles. The van der Waals surface area contributed by atoms with Crippen molar-refractivity contribution < 1.29 is 26.3 Å². The molecular formula is C33H24F6. The summed E-state index contributed by atoms with van der Waals surface area (Å²) >= 11 is 0. The van der Waals surface area contributed by atoms with Gasteiger partial charge >= 0.3 is 0 Å². The van der Waals surface area contributed by atoms with Crippen molar-refractivity contribution in [1.29, 1.82) is 0 Å². The van der Waals surface area contributed by atoms with E-state index in [0.717, 1.165) is 28.8 Å². The van der Waals surface area contributed by atoms with Crippen molar-refractivity contribution in [1.82, 2.24) is 0 Å². The van der Waals surface area contributed by atoms with Crippen molar-refractivity contribution in [3.63, 3.8) is 0 Å². The first-order valence-electron chi connectivity index (χ1n) is 12.3. The fourth-order valence-corrected chi connectivity index (χ4v) is 4.01. The summed E-state index contributed by atoms with van der Waals surface area (Å²) in [6.45, 7) is 1.83. The van der Waals surface area contributed by atoms with E-state index in [-0.39, 0.29) is 23.1 Å². The molecule has 0 nitrogen and oxygen atoms in total. The summed E-state index contributed by atoms with van der Waals surface area (Å²) in [5.74, 6) is -6.71. The predicted molar refractivity (Wildman–Crippen MR) is 146 cm³/mol. The normalized spacial score (nSPS) is 12.4. The molecule has 4 aromatic carbocycles. The Labute approximate surface area is 223 Å². The van der Waals surface area contributed by atoms with Gasteiger partial charge in [0.2, 0.25) is 0 Å². The molecule has 0 fully saturated rings. The van der Waals surface area contributed by atoms with Crippen LogP contribution in [0.1, 0.15) is 36.5 Å². The van der Waals surface area contributed by atoms with Gasteiger partial charge in [0.1, 0.15) is 11.6 Å². The highest BCUT2D eigenvalue weighted by molar-refractivity contribution is 5.74. The van der Waals surface area contributed by atoms with E-state index in [2.05, 4.69) is 0 Å². The Morgan fingerprint density at radius 2 is 1.21 bits per heavy atom. The van der Waals surface area contributed by atoms with E-state index in [1.54, 1.807) is 54.6 Å². The minimum absolute atomic E-state index is 0.0118. The SMILES string of the molecule is C/C=C/CC/C(F)=C(\F)c1ccc(-c2ccc(/C=C/c3ccc(-c4cc(F)c(F)c(F)c4)c(F)c3)cc2)cc1. The van der Waals surface area contributed by atoms with Gasteiger partial charge in [-0.05, 0) is 59.4 Å². The lowest BCUT2D eigenvalue weighted by molar-refractivity contribution is 0.447. The van der Waals surface area contributed by atoms with Gasteiger partial charge < -0.3 is 0 Å². The maximum atomic E-state index is 14.6. The Balaban J connectivity index is 1.45. The van der Waals surface area contributed by atoms with Crippen molar-refractivity contribution >= 4 is 18.0 Å². The molecule has 0 radical (unpaired) electrons. The second-order valence-corrected chi connectivity index (χ2v) is 8.85. The van der Waals surface area contributed by atoms with Crippen LogP contribution >= 0.6 is 0 Å². The predicted octanol–water partition coefficient (Wildman–Crippen LogP) is 10.7. The van der Waals surface area contributed by atoms with Gasteiger partial charge in [0, 0.05) is 17.5 Å². The standard InChI is InChI=1S/C33H24F6/c1-2-3-4-5-28(34)32(38)25-15-13-24(14-16-25)23-11-8-21(9-12-23)6-7-22-10-17-27(29(35)18-22)26-19-30(36)33(39)31(37)20-26/h2-3,6-20H,4-5H2,1H3/b3-2+,7-6+,32-28+. The molecule has 0 spiro atoms. The molecule has 198 valence electrons. The third-order valence-electron chi connectivity index (χ3n) is 6.14. The highest BCUT2D eigenvalue weighted by Crippen LogP contribution is 2.29. The van der Waals surface area contributed by atoms with Crippen LogP contribution in [-0.4, -0.2) is 0 Å². The van der Waals surface area contributed by atoms with E-state index < -0.39 is 34.9 Å². The number of hydrogen-bond donors (Lipinski definition) is 0. The second-order valence-electron chi connectivity index (χ2n) is 8.85. The molecule has 0 N–H and O–H groups in total. The molecule has 6 heteroatoms. The molecule has 0 heterocycles. The van der Waals surface area contributed by atoms with Gasteiger partial charge in [-0.15, -0.1) is 0 Å². The number of benzene rings is 4. The average molecular weight is 535 g/mol. The van der Waals surface area contributed by atoms with Crippen LogP contribution < -0.4 is 0 Å². The van der Waals surface area contributed by atoms with Crippen molar-refractivity contribution in [2.24, 2.45) is 0 Å². The van der Waals surface area contributed by atoms with Crippen LogP contribution in [0.15, 0.2) is 96.8 Å². The van der Waals surface area contributed by atoms with Crippen LogP contribution in [0.3, 0.4) is 0 Å². The Morgan fingerprint density at radius 1 is 0.641 bits per heavy atom. The lowest BCUT2D eigenvalue weighted by Crippen LogP contribution is -1.93. The van der Waals surface area contributed by atoms with Gasteiger partial charge in [-0.3, -0.25) is 0 Å². The summed E-state index contributed by atoms with van der Waals surface area (Å²) in [5.41, 5.74) is 3.10. The topological polar surface area (TPSA) is 0 Å². The first kappa shape index (κ1) is 27.7. The highest BCUT2D eigenvalue weighted by atomic mass is 19.2. The van der Waals surface area contributed by atoms with Crippen LogP contribution in [0.5, 0.6) is 0 Å². The van der Waals surface area contributed by atoms with Gasteiger partial charge in [0.25, 0.3) is 0 Å². The second kappa shape index (κ2) is 12.5. The van der Waals surface area contributed by atoms with E-state index in [0.29, 0.717) is 12.0 Å². The summed E-state index contributed by atoms with van der Waals surface area (Å²) in [4.78, 5) is 0. The molecule has 0 saturated heterocycles. The van der Waals surface area contributed by atoms with Gasteiger partial charge in [-0.2, -0.15) is 0 Å². The summed E-state index contributed by atoms with van der Waals surface area (Å²) in [6, 6.07) is 19.7. The monoisotopic (exact) mass is 534 g/mol. The molecule has 0 amide bonds. The number of rotatable bonds is 8. The molecule has 0 saturated carbocycles. The van der Waals surface area contributed by atoms with Crippen LogP contribution in [0.2, 0.25) is 0 Å². The van der Waals surface area contributed by atoms with E-state index in [1.807, 2.05) is 31.2 Å². The summed E-state index contributed by atoms with van der Waals surface area (Å²) in [6.07, 6.45) is 7.48. The molecule has 0 aromatic heterocycles. The maximum absolute atomic E-state index is 14.6. The Bertz CT molecular complexity index is 1520. The highest BCUT2D eigenvalue weighted by Gasteiger charge is 2.14. The average Bonchev–Trinajstić information content (AvgIpc) is 2.94. The molecule has 4 aromatic rings. The maximum Gasteiger partial charge on any atom is 0.194 e. The van der Waals surface area contributed by atoms with E-state index in [1.165, 1.54) is 12.1 Å². The zero-order chi connectivity index (χ0) is 27.9. The number of halogens is 6. The first-order chi connectivity index (χ1) is 18.8. The third-order valence-corrected chi connectivity index (χ3v) is 6.14.